The molecule has 0 aliphatic carbocycles. The van der Waals surface area contributed by atoms with E-state index < -0.39 is 0 Å². The topological polar surface area (TPSA) is 39.2 Å². The first-order valence-corrected chi connectivity index (χ1v) is 10.5. The summed E-state index contributed by atoms with van der Waals surface area (Å²) in [4.78, 5) is 18.5. The summed E-state index contributed by atoms with van der Waals surface area (Å²) in [5.41, 5.74) is 9.48. The van der Waals surface area contributed by atoms with E-state index in [9.17, 15) is 4.79 Å². The van der Waals surface area contributed by atoms with Gasteiger partial charge in [-0.05, 0) is 82.0 Å². The van der Waals surface area contributed by atoms with Crippen molar-refractivity contribution in [2.24, 2.45) is 0 Å². The number of esters is 1. The molecule has 0 unspecified atom stereocenters. The Morgan fingerprint density at radius 2 is 1.35 bits per heavy atom. The van der Waals surface area contributed by atoms with Crippen LogP contribution in [-0.4, -0.2) is 11.0 Å². The second-order valence-electron chi connectivity index (χ2n) is 8.52. The monoisotopic (exact) mass is 409 g/mol. The maximum absolute atomic E-state index is 13.5. The first-order chi connectivity index (χ1) is 14.7. The molecule has 0 spiro atoms. The van der Waals surface area contributed by atoms with Crippen LogP contribution in [0.15, 0.2) is 54.6 Å². The number of benzene rings is 3. The molecule has 0 N–H and O–H groups in total. The van der Waals surface area contributed by atoms with E-state index >= 15 is 0 Å². The number of nitrogens with zero attached hydrogens (tertiary/aromatic N) is 1. The molecule has 4 aromatic rings. The van der Waals surface area contributed by atoms with Gasteiger partial charge in [0, 0.05) is 10.9 Å². The Balaban J connectivity index is 1.94. The second kappa shape index (κ2) is 7.99. The zero-order valence-corrected chi connectivity index (χ0v) is 19.0. The Labute approximate surface area is 183 Å². The summed E-state index contributed by atoms with van der Waals surface area (Å²) in [5, 5.41) is 0.834. The highest BCUT2D eigenvalue weighted by Gasteiger charge is 2.22. The van der Waals surface area contributed by atoms with Gasteiger partial charge in [0.1, 0.15) is 5.75 Å². The molecule has 31 heavy (non-hydrogen) atoms. The van der Waals surface area contributed by atoms with E-state index in [1.54, 1.807) is 0 Å². The Kier molecular flexibility index (Phi) is 5.36. The number of aromatic nitrogens is 1. The lowest BCUT2D eigenvalue weighted by molar-refractivity contribution is 0.0736. The van der Waals surface area contributed by atoms with Crippen molar-refractivity contribution < 1.29 is 9.53 Å². The van der Waals surface area contributed by atoms with Crippen LogP contribution in [0.5, 0.6) is 5.75 Å². The Morgan fingerprint density at radius 3 is 2.00 bits per heavy atom. The zero-order chi connectivity index (χ0) is 22.3. The minimum atomic E-state index is -0.353. The van der Waals surface area contributed by atoms with Crippen molar-refractivity contribution in [1.29, 1.82) is 0 Å². The van der Waals surface area contributed by atoms with Crippen LogP contribution in [0.1, 0.15) is 43.7 Å². The number of hydrogen-bond donors (Lipinski definition) is 0. The van der Waals surface area contributed by atoms with Gasteiger partial charge in [0.2, 0.25) is 0 Å². The molecule has 0 aliphatic heterocycles. The molecular weight excluding hydrogens is 382 g/mol. The van der Waals surface area contributed by atoms with Gasteiger partial charge in [-0.25, -0.2) is 9.78 Å². The number of aryl methyl sites for hydroxylation is 5. The first kappa shape index (κ1) is 20.8. The molecule has 0 amide bonds. The lowest BCUT2D eigenvalue weighted by Gasteiger charge is -2.16. The average Bonchev–Trinajstić information content (AvgIpc) is 2.67. The van der Waals surface area contributed by atoms with Crippen molar-refractivity contribution >= 4 is 16.9 Å². The lowest BCUT2D eigenvalue weighted by atomic mass is 9.95. The quantitative estimate of drug-likeness (QED) is 0.271. The predicted molar refractivity (Wildman–Crippen MR) is 127 cm³/mol. The van der Waals surface area contributed by atoms with Crippen LogP contribution >= 0.6 is 0 Å². The molecule has 156 valence electrons. The molecule has 0 fully saturated rings. The Bertz CT molecular complexity index is 1300. The highest BCUT2D eigenvalue weighted by Crippen LogP contribution is 2.33. The van der Waals surface area contributed by atoms with E-state index in [1.807, 2.05) is 52.8 Å². The average molecular weight is 410 g/mol. The molecule has 4 rings (SSSR count). The Morgan fingerprint density at radius 1 is 0.742 bits per heavy atom. The third-order valence-electron chi connectivity index (χ3n) is 5.60. The highest BCUT2D eigenvalue weighted by atomic mass is 16.5. The number of fused-ring (bicyclic) bond motifs is 1. The number of ether oxygens (including phenoxy) is 1. The summed E-state index contributed by atoms with van der Waals surface area (Å²) in [7, 11) is 0. The summed E-state index contributed by atoms with van der Waals surface area (Å²) in [5.74, 6) is 0.210. The van der Waals surface area contributed by atoms with Gasteiger partial charge < -0.3 is 4.74 Å². The molecule has 0 aliphatic rings. The lowest BCUT2D eigenvalue weighted by Crippen LogP contribution is -2.13. The molecule has 0 saturated heterocycles. The number of carbonyl (C=O) groups is 1. The molecule has 0 bridgehead atoms. The van der Waals surface area contributed by atoms with Crippen LogP contribution < -0.4 is 4.74 Å². The van der Waals surface area contributed by atoms with E-state index in [4.69, 9.17) is 9.72 Å². The van der Waals surface area contributed by atoms with Crippen molar-refractivity contribution in [1.82, 2.24) is 4.98 Å². The number of carbonyl (C=O) groups excluding carboxylic acids is 1. The standard InChI is InChI=1S/C28H27NO2/c1-16-7-9-22(10-8-16)27-21(6)25(24-15-19(4)12-20(5)26(24)29-27)28(30)31-23-13-17(2)11-18(3)14-23/h7-15H,1-6H3. The predicted octanol–water partition coefficient (Wildman–Crippen LogP) is 6.97. The molecule has 3 aromatic carbocycles. The molecular formula is C28H27NO2. The molecule has 3 nitrogen and oxygen atoms in total. The van der Waals surface area contributed by atoms with Gasteiger partial charge in [0.25, 0.3) is 0 Å². The maximum atomic E-state index is 13.5. The SMILES string of the molecule is Cc1ccc(-c2nc3c(C)cc(C)cc3c(C(=O)Oc3cc(C)cc(C)c3)c2C)cc1. The molecule has 0 radical (unpaired) electrons. The number of hydrogen-bond acceptors (Lipinski definition) is 3. The van der Waals surface area contributed by atoms with Crippen molar-refractivity contribution in [2.75, 3.05) is 0 Å². The summed E-state index contributed by atoms with van der Waals surface area (Å²) >= 11 is 0. The molecule has 3 heteroatoms. The van der Waals surface area contributed by atoms with Crippen LogP contribution in [0.3, 0.4) is 0 Å². The second-order valence-corrected chi connectivity index (χ2v) is 8.52. The fourth-order valence-corrected chi connectivity index (χ4v) is 4.22. The largest absolute Gasteiger partial charge is 0.423 e. The highest BCUT2D eigenvalue weighted by molar-refractivity contribution is 6.08. The van der Waals surface area contributed by atoms with Crippen LogP contribution in [0.2, 0.25) is 0 Å². The summed E-state index contributed by atoms with van der Waals surface area (Å²) < 4.78 is 5.87. The maximum Gasteiger partial charge on any atom is 0.344 e. The van der Waals surface area contributed by atoms with E-state index in [1.165, 1.54) is 5.56 Å². The normalized spacial score (nSPS) is 11.0. The van der Waals surface area contributed by atoms with Crippen LogP contribution in [-0.2, 0) is 0 Å². The smallest absolute Gasteiger partial charge is 0.344 e. The van der Waals surface area contributed by atoms with E-state index in [2.05, 4.69) is 43.3 Å². The van der Waals surface area contributed by atoms with Crippen molar-refractivity contribution in [3.05, 3.63) is 93.5 Å². The van der Waals surface area contributed by atoms with Gasteiger partial charge in [0.15, 0.2) is 0 Å². The zero-order valence-electron chi connectivity index (χ0n) is 19.0. The van der Waals surface area contributed by atoms with Crippen LogP contribution in [0.4, 0.5) is 0 Å². The van der Waals surface area contributed by atoms with Gasteiger partial charge in [0.05, 0.1) is 16.8 Å². The van der Waals surface area contributed by atoms with Gasteiger partial charge >= 0.3 is 5.97 Å². The van der Waals surface area contributed by atoms with Gasteiger partial charge in [-0.15, -0.1) is 0 Å². The number of rotatable bonds is 3. The van der Waals surface area contributed by atoms with E-state index in [0.717, 1.165) is 50.0 Å². The summed E-state index contributed by atoms with van der Waals surface area (Å²) in [6.07, 6.45) is 0. The molecule has 0 saturated carbocycles. The van der Waals surface area contributed by atoms with Gasteiger partial charge in [-0.3, -0.25) is 0 Å². The van der Waals surface area contributed by atoms with E-state index in [0.29, 0.717) is 11.3 Å². The summed E-state index contributed by atoms with van der Waals surface area (Å²) in [6, 6.07) is 18.2. The van der Waals surface area contributed by atoms with Crippen molar-refractivity contribution in [3.8, 4) is 17.0 Å². The number of pyridine rings is 1. The van der Waals surface area contributed by atoms with Crippen LogP contribution in [0.25, 0.3) is 22.2 Å². The van der Waals surface area contributed by atoms with Crippen LogP contribution in [0, 0.1) is 41.5 Å². The fraction of sp³-hybridized carbons (Fsp3) is 0.214. The minimum Gasteiger partial charge on any atom is -0.423 e. The molecule has 1 aromatic heterocycles. The van der Waals surface area contributed by atoms with Gasteiger partial charge in [-0.1, -0.05) is 47.5 Å². The third-order valence-corrected chi connectivity index (χ3v) is 5.60. The first-order valence-electron chi connectivity index (χ1n) is 10.5. The van der Waals surface area contributed by atoms with Crippen molar-refractivity contribution in [3.63, 3.8) is 0 Å². The minimum absolute atomic E-state index is 0.353. The fourth-order valence-electron chi connectivity index (χ4n) is 4.22. The Hall–Kier alpha value is -3.46. The van der Waals surface area contributed by atoms with Gasteiger partial charge in [-0.2, -0.15) is 0 Å². The summed E-state index contributed by atoms with van der Waals surface area (Å²) in [6.45, 7) is 12.1. The third kappa shape index (κ3) is 4.09. The molecule has 0 atom stereocenters. The van der Waals surface area contributed by atoms with E-state index in [-0.39, 0.29) is 5.97 Å². The molecule has 1 heterocycles. The van der Waals surface area contributed by atoms with Crippen molar-refractivity contribution in [2.45, 2.75) is 41.5 Å².